The molecule has 0 saturated heterocycles. The van der Waals surface area contributed by atoms with Crippen LogP contribution >= 0.6 is 23.2 Å². The van der Waals surface area contributed by atoms with Gasteiger partial charge in [0, 0.05) is 13.1 Å². The zero-order valence-corrected chi connectivity index (χ0v) is 30.7. The number of nitrogens with two attached hydrogens (primary N) is 6. The predicted octanol–water partition coefficient (Wildman–Crippen LogP) is 0.280. The summed E-state index contributed by atoms with van der Waals surface area (Å²) in [4.78, 5) is 47.4. The summed E-state index contributed by atoms with van der Waals surface area (Å²) in [6.07, 6.45) is 2.35. The van der Waals surface area contributed by atoms with Crippen LogP contribution in [0.5, 0.6) is 0 Å². The number of nitrogens with zero attached hydrogens (tertiary/aromatic N) is 6. The molecule has 0 saturated carbocycles. The number of carbonyl (C=O) groups is 2. The number of guanidine groups is 2. The Morgan fingerprint density at radius 2 is 1.00 bits per heavy atom. The van der Waals surface area contributed by atoms with Crippen molar-refractivity contribution in [3.05, 3.63) is 46.0 Å². The van der Waals surface area contributed by atoms with Gasteiger partial charge in [0.15, 0.2) is 76.6 Å². The molecule has 2 aromatic heterocycles. The van der Waals surface area contributed by atoms with Gasteiger partial charge in [-0.2, -0.15) is 0 Å². The summed E-state index contributed by atoms with van der Waals surface area (Å²) in [5, 5.41) is 4.21. The van der Waals surface area contributed by atoms with Gasteiger partial charge in [-0.25, -0.2) is 36.8 Å². The minimum atomic E-state index is -3.79. The van der Waals surface area contributed by atoms with Crippen molar-refractivity contribution in [3.63, 3.8) is 0 Å². The minimum absolute atomic E-state index is 0.107. The number of nitrogens with one attached hydrogen (secondary N) is 2. The molecule has 2 heterocycles. The van der Waals surface area contributed by atoms with Crippen LogP contribution in [-0.4, -0.2) is 85.1 Å². The third kappa shape index (κ3) is 12.0. The van der Waals surface area contributed by atoms with Crippen LogP contribution in [0.4, 0.5) is 23.3 Å². The summed E-state index contributed by atoms with van der Waals surface area (Å²) in [6, 6.07) is 5.23. The van der Waals surface area contributed by atoms with E-state index < -0.39 is 31.5 Å². The predicted molar refractivity (Wildman–Crippen MR) is 198 cm³/mol. The number of benzene rings is 1. The normalized spacial score (nSPS) is 12.4. The van der Waals surface area contributed by atoms with E-state index >= 15 is 0 Å². The molecule has 282 valence electrons. The Labute approximate surface area is 309 Å². The van der Waals surface area contributed by atoms with E-state index in [1.54, 1.807) is 0 Å². The zero-order valence-electron chi connectivity index (χ0n) is 27.5. The van der Waals surface area contributed by atoms with Crippen LogP contribution in [0.25, 0.3) is 0 Å². The molecule has 0 radical (unpaired) electrons. The zero-order chi connectivity index (χ0) is 38.6. The summed E-state index contributed by atoms with van der Waals surface area (Å²) < 4.78 is 51.8. The Kier molecular flexibility index (Phi) is 14.7. The monoisotopic (exact) mass is 800 g/mol. The molecule has 20 nitrogen and oxygen atoms in total. The van der Waals surface area contributed by atoms with E-state index in [4.69, 9.17) is 57.6 Å². The number of aliphatic imine (C=N–C) groups is 2. The fourth-order valence-corrected chi connectivity index (χ4v) is 7.46. The van der Waals surface area contributed by atoms with Crippen molar-refractivity contribution in [1.29, 1.82) is 0 Å². The maximum absolute atomic E-state index is 13.0. The number of carbonyl (C=O) groups excluding carboxylic acids is 2. The molecule has 2 amide bonds. The number of aromatic nitrogens is 4. The van der Waals surface area contributed by atoms with Gasteiger partial charge in [0.1, 0.15) is 0 Å². The first-order valence-electron chi connectivity index (χ1n) is 15.4. The molecule has 3 aromatic rings. The summed E-state index contributed by atoms with van der Waals surface area (Å²) in [5.74, 6) is -3.20. The average molecular weight is 802 g/mol. The molecule has 52 heavy (non-hydrogen) atoms. The second kappa shape index (κ2) is 18.4. The Hall–Kier alpha value is -5.06. The van der Waals surface area contributed by atoms with Crippen LogP contribution in [0.2, 0.25) is 10.3 Å². The highest BCUT2D eigenvalue weighted by Crippen LogP contribution is 2.21. The van der Waals surface area contributed by atoms with Gasteiger partial charge >= 0.3 is 0 Å². The lowest BCUT2D eigenvalue weighted by atomic mass is 10.2. The third-order valence-electron chi connectivity index (χ3n) is 6.95. The summed E-state index contributed by atoms with van der Waals surface area (Å²) >= 11 is 11.6. The van der Waals surface area contributed by atoms with Crippen molar-refractivity contribution in [2.24, 2.45) is 21.5 Å². The van der Waals surface area contributed by atoms with Gasteiger partial charge < -0.3 is 34.4 Å². The number of hydrogen-bond donors (Lipinski definition) is 8. The Bertz CT molecular complexity index is 1940. The van der Waals surface area contributed by atoms with Gasteiger partial charge in [0.05, 0.1) is 21.3 Å². The number of hydrogen-bond acceptors (Lipinski definition) is 16. The number of anilines is 4. The van der Waals surface area contributed by atoms with Gasteiger partial charge in [-0.1, -0.05) is 42.1 Å². The molecular weight excluding hydrogens is 763 g/mol. The molecule has 1 aromatic carbocycles. The van der Waals surface area contributed by atoms with E-state index in [0.717, 1.165) is 6.07 Å². The summed E-state index contributed by atoms with van der Waals surface area (Å²) in [6.45, 7) is 0.372. The molecule has 0 unspecified atom stereocenters. The van der Waals surface area contributed by atoms with Gasteiger partial charge in [-0.15, -0.1) is 0 Å². The molecule has 14 N–H and O–H groups in total. The maximum Gasteiger partial charge on any atom is 0.280 e. The lowest BCUT2D eigenvalue weighted by molar-refractivity contribution is 0.0964. The summed E-state index contributed by atoms with van der Waals surface area (Å²) in [7, 11) is -7.57. The van der Waals surface area contributed by atoms with E-state index in [1.165, 1.54) is 18.2 Å². The topological polar surface area (TPSA) is 359 Å². The Morgan fingerprint density at radius 1 is 0.615 bits per heavy atom. The standard InChI is InChI=1S/C28H38Cl2N14O6S2/c29-19-23(33)41-21(31)17(39-19)25(45)43-27(35)37-10-3-1-5-12-51(47,48)15-8-7-9-16(14-15)52(49,50)13-6-2-4-11-38-28(36)44-26(46)18-22(32)42-24(34)20(30)40-18/h7-9,14H,1-6,10-13H2,(H4,31,33,41)(H4,32,34,42)(H3,35,37,43,45)(H3,36,38,44,46). The van der Waals surface area contributed by atoms with E-state index in [-0.39, 0.29) is 104 Å². The lowest BCUT2D eigenvalue weighted by Crippen LogP contribution is -2.38. The van der Waals surface area contributed by atoms with Crippen molar-refractivity contribution in [1.82, 2.24) is 30.6 Å². The van der Waals surface area contributed by atoms with Gasteiger partial charge in [0.25, 0.3) is 11.8 Å². The highest BCUT2D eigenvalue weighted by molar-refractivity contribution is 7.92. The summed E-state index contributed by atoms with van der Waals surface area (Å²) in [5.41, 5.74) is 33.2. The van der Waals surface area contributed by atoms with Crippen molar-refractivity contribution >= 4 is 89.9 Å². The van der Waals surface area contributed by atoms with Crippen LogP contribution in [0, 0.1) is 0 Å². The Balaban J connectivity index is 1.40. The smallest absolute Gasteiger partial charge is 0.280 e. The fourth-order valence-electron chi connectivity index (χ4n) is 4.30. The second-order valence-electron chi connectivity index (χ2n) is 10.9. The molecule has 24 heteroatoms. The molecule has 0 bridgehead atoms. The molecule has 0 fully saturated rings. The van der Waals surface area contributed by atoms with Crippen molar-refractivity contribution in [2.75, 3.05) is 47.5 Å². The first-order chi connectivity index (χ1) is 24.4. The quantitative estimate of drug-likeness (QED) is 0.0548. The fraction of sp³-hybridized carbons (Fsp3) is 0.357. The van der Waals surface area contributed by atoms with Crippen molar-refractivity contribution < 1.29 is 26.4 Å². The van der Waals surface area contributed by atoms with Gasteiger partial charge in [0.2, 0.25) is 0 Å². The van der Waals surface area contributed by atoms with Crippen LogP contribution in [0.1, 0.15) is 59.5 Å². The molecule has 0 aliphatic heterocycles. The van der Waals surface area contributed by atoms with E-state index in [1.807, 2.05) is 0 Å². The molecular formula is C28H38Cl2N14O6S2. The molecule has 3 rings (SSSR count). The van der Waals surface area contributed by atoms with E-state index in [0.29, 0.717) is 25.7 Å². The number of nitrogen functional groups attached to an aromatic ring is 4. The Morgan fingerprint density at radius 3 is 1.38 bits per heavy atom. The van der Waals surface area contributed by atoms with E-state index in [2.05, 4.69) is 40.6 Å². The average Bonchev–Trinajstić information content (AvgIpc) is 3.07. The number of amides is 2. The molecule has 0 aliphatic carbocycles. The van der Waals surface area contributed by atoms with Crippen molar-refractivity contribution in [2.45, 2.75) is 48.3 Å². The van der Waals surface area contributed by atoms with Crippen molar-refractivity contribution in [3.8, 4) is 0 Å². The first kappa shape index (κ1) is 41.4. The van der Waals surface area contributed by atoms with Gasteiger partial charge in [-0.05, 0) is 43.9 Å². The second-order valence-corrected chi connectivity index (χ2v) is 15.9. The van der Waals surface area contributed by atoms with Crippen LogP contribution < -0.4 is 45.0 Å². The highest BCUT2D eigenvalue weighted by atomic mass is 35.5. The number of rotatable bonds is 16. The molecule has 0 atom stereocenters. The first-order valence-corrected chi connectivity index (χ1v) is 19.4. The molecule has 0 spiro atoms. The van der Waals surface area contributed by atoms with Crippen LogP contribution in [0.15, 0.2) is 44.0 Å². The lowest BCUT2D eigenvalue weighted by Gasteiger charge is -2.09. The molecule has 0 aliphatic rings. The maximum atomic E-state index is 13.0. The number of unbranched alkanes of at least 4 members (excludes halogenated alkanes) is 4. The van der Waals surface area contributed by atoms with Crippen LogP contribution in [0.3, 0.4) is 0 Å². The van der Waals surface area contributed by atoms with Gasteiger partial charge in [-0.3, -0.25) is 30.2 Å². The number of halogens is 2. The minimum Gasteiger partial charge on any atom is -0.382 e. The van der Waals surface area contributed by atoms with Crippen LogP contribution in [-0.2, 0) is 19.7 Å². The third-order valence-corrected chi connectivity index (χ3v) is 11.1. The largest absolute Gasteiger partial charge is 0.382 e. The number of sulfone groups is 2. The highest BCUT2D eigenvalue weighted by Gasteiger charge is 2.21. The SMILES string of the molecule is NC(=NCCCCCS(=O)(=O)c1cccc(S(=O)(=O)CCCCCN=C(N)NC(=O)c2nc(Cl)c(N)nc2N)c1)NC(=O)c1nc(Cl)c(N)nc1N. The van der Waals surface area contributed by atoms with E-state index in [9.17, 15) is 26.4 Å².